The highest BCUT2D eigenvalue weighted by Crippen LogP contribution is 2.15. The first-order valence-corrected chi connectivity index (χ1v) is 5.14. The lowest BCUT2D eigenvalue weighted by molar-refractivity contribution is -0.392. The molecule has 19 heavy (non-hydrogen) atoms. The summed E-state index contributed by atoms with van der Waals surface area (Å²) in [4.78, 5) is 24.6. The van der Waals surface area contributed by atoms with E-state index in [1.807, 2.05) is 5.32 Å². The number of alkyl halides is 3. The van der Waals surface area contributed by atoms with E-state index in [-0.39, 0.29) is 5.82 Å². The maximum absolute atomic E-state index is 12.5. The maximum Gasteiger partial charge on any atom is 0.343 e. The largest absolute Gasteiger partial charge is 0.358 e. The number of nitrogens with zero attached hydrogens (tertiary/aromatic N) is 3. The Morgan fingerprint density at radius 1 is 1.63 bits per heavy atom. The zero-order chi connectivity index (χ0) is 14.6. The number of rotatable bonds is 6. The van der Waals surface area contributed by atoms with E-state index in [0.29, 0.717) is 6.92 Å². The van der Waals surface area contributed by atoms with Crippen molar-refractivity contribution in [3.8, 4) is 0 Å². The topological polar surface area (TPSA) is 90.1 Å². The summed E-state index contributed by atoms with van der Waals surface area (Å²) in [6, 6.07) is 0. The van der Waals surface area contributed by atoms with Gasteiger partial charge in [0.2, 0.25) is 5.82 Å². The lowest BCUT2D eigenvalue weighted by atomic mass is 10.4. The predicted molar refractivity (Wildman–Crippen MR) is 57.3 cm³/mol. The Kier molecular flexibility index (Phi) is 4.46. The van der Waals surface area contributed by atoms with Crippen LogP contribution in [0.2, 0.25) is 0 Å². The fourth-order valence-electron chi connectivity index (χ4n) is 1.28. The molecule has 0 aliphatic carbocycles. The van der Waals surface area contributed by atoms with E-state index in [1.165, 1.54) is 0 Å². The Morgan fingerprint density at radius 3 is 2.74 bits per heavy atom. The molecule has 1 amide bonds. The van der Waals surface area contributed by atoms with Gasteiger partial charge in [-0.25, -0.2) is 18.2 Å². The summed E-state index contributed by atoms with van der Waals surface area (Å²) in [7, 11) is 0. The van der Waals surface area contributed by atoms with Crippen molar-refractivity contribution in [3.05, 3.63) is 22.1 Å². The number of aromatic nitrogens is 2. The summed E-state index contributed by atoms with van der Waals surface area (Å²) in [5.41, 5.74) is 0. The smallest absolute Gasteiger partial charge is 0.343 e. The van der Waals surface area contributed by atoms with Crippen LogP contribution in [0.4, 0.5) is 19.0 Å². The summed E-state index contributed by atoms with van der Waals surface area (Å²) < 4.78 is 38.3. The van der Waals surface area contributed by atoms with Gasteiger partial charge in [-0.15, -0.1) is 0 Å². The van der Waals surface area contributed by atoms with E-state index in [2.05, 4.69) is 4.98 Å². The van der Waals surface area contributed by atoms with Crippen molar-refractivity contribution in [2.24, 2.45) is 0 Å². The van der Waals surface area contributed by atoms with Crippen LogP contribution in [0.25, 0.3) is 0 Å². The van der Waals surface area contributed by atoms with Gasteiger partial charge in [-0.1, -0.05) is 0 Å². The van der Waals surface area contributed by atoms with Gasteiger partial charge >= 0.3 is 5.82 Å². The van der Waals surface area contributed by atoms with Crippen molar-refractivity contribution < 1.29 is 22.9 Å². The second-order valence-corrected chi connectivity index (χ2v) is 3.86. The minimum absolute atomic E-state index is 0.315. The average Bonchev–Trinajstić information content (AvgIpc) is 2.68. The molecule has 0 saturated carbocycles. The Hall–Kier alpha value is -2.13. The minimum Gasteiger partial charge on any atom is -0.358 e. The second kappa shape index (κ2) is 5.67. The Bertz CT molecular complexity index is 484. The van der Waals surface area contributed by atoms with Crippen molar-refractivity contribution in [3.63, 3.8) is 0 Å². The summed E-state index contributed by atoms with van der Waals surface area (Å²) in [5.74, 6) is -4.88. The zero-order valence-corrected chi connectivity index (χ0v) is 9.90. The van der Waals surface area contributed by atoms with Crippen molar-refractivity contribution in [2.45, 2.75) is 26.1 Å². The molecule has 0 aromatic carbocycles. The number of carbonyl (C=O) groups is 1. The van der Waals surface area contributed by atoms with Crippen LogP contribution in [0.1, 0.15) is 12.7 Å². The first-order chi connectivity index (χ1) is 8.74. The first-order valence-electron chi connectivity index (χ1n) is 5.14. The van der Waals surface area contributed by atoms with Crippen LogP contribution in [0.3, 0.4) is 0 Å². The normalized spacial score (nSPS) is 11.4. The lowest BCUT2D eigenvalue weighted by Gasteiger charge is -2.11. The van der Waals surface area contributed by atoms with Crippen LogP contribution in [0, 0.1) is 10.1 Å². The summed E-state index contributed by atoms with van der Waals surface area (Å²) in [6.07, 6.45) is 0.802. The van der Waals surface area contributed by atoms with Gasteiger partial charge in [-0.3, -0.25) is 4.79 Å². The van der Waals surface area contributed by atoms with Gasteiger partial charge in [0.15, 0.2) is 13.2 Å². The third-order valence-corrected chi connectivity index (χ3v) is 2.12. The molecule has 106 valence electrons. The second-order valence-electron chi connectivity index (χ2n) is 3.86. The number of halogens is 3. The molecule has 0 aliphatic rings. The number of amides is 1. The van der Waals surface area contributed by atoms with Gasteiger partial charge in [0.1, 0.15) is 6.20 Å². The van der Waals surface area contributed by atoms with Crippen LogP contribution in [0.15, 0.2) is 6.20 Å². The van der Waals surface area contributed by atoms with Gasteiger partial charge < -0.3 is 15.4 Å². The van der Waals surface area contributed by atoms with Crippen molar-refractivity contribution in [1.82, 2.24) is 14.9 Å². The molecule has 0 atom stereocenters. The van der Waals surface area contributed by atoms with E-state index >= 15 is 0 Å². The molecule has 1 aromatic rings. The molecule has 0 unspecified atom stereocenters. The summed E-state index contributed by atoms with van der Waals surface area (Å²) >= 11 is 0. The molecule has 0 saturated heterocycles. The van der Waals surface area contributed by atoms with Crippen LogP contribution in [-0.4, -0.2) is 32.8 Å². The lowest BCUT2D eigenvalue weighted by Crippen LogP contribution is -2.36. The molecule has 0 aliphatic heterocycles. The number of hydrogen-bond donors (Lipinski definition) is 1. The highest BCUT2D eigenvalue weighted by molar-refractivity contribution is 5.76. The van der Waals surface area contributed by atoms with Crippen molar-refractivity contribution >= 4 is 11.7 Å². The van der Waals surface area contributed by atoms with E-state index in [0.717, 1.165) is 10.8 Å². The maximum atomic E-state index is 12.5. The van der Waals surface area contributed by atoms with Gasteiger partial charge in [0.25, 0.3) is 11.8 Å². The van der Waals surface area contributed by atoms with Gasteiger partial charge in [-0.2, -0.15) is 4.57 Å². The fourth-order valence-corrected chi connectivity index (χ4v) is 1.28. The third kappa shape index (κ3) is 4.23. The molecular formula is C9H11F3N4O3. The van der Waals surface area contributed by atoms with Crippen molar-refractivity contribution in [2.75, 3.05) is 6.54 Å². The predicted octanol–water partition coefficient (Wildman–Crippen LogP) is 1.03. The standard InChI is InChI=1S/C9H11F3N4O3/c1-9(11,12)5-14-7(17)4-15-6(2-10)13-3-8(15)16(18)19/h3H,2,4-5H2,1H3,(H,14,17). The first kappa shape index (κ1) is 14.9. The number of carbonyl (C=O) groups excluding carboxylic acids is 1. The highest BCUT2D eigenvalue weighted by atomic mass is 19.3. The molecule has 0 radical (unpaired) electrons. The van der Waals surface area contributed by atoms with Gasteiger partial charge in [0, 0.05) is 6.92 Å². The minimum atomic E-state index is -3.10. The van der Waals surface area contributed by atoms with Crippen LogP contribution in [0.5, 0.6) is 0 Å². The molecule has 10 heteroatoms. The average molecular weight is 280 g/mol. The number of imidazole rings is 1. The summed E-state index contributed by atoms with van der Waals surface area (Å²) in [6.45, 7) is -2.05. The SMILES string of the molecule is CC(F)(F)CNC(=O)Cn1c([N+](=O)[O-])cnc1CF. The molecule has 0 fully saturated rings. The van der Waals surface area contributed by atoms with E-state index in [1.54, 1.807) is 0 Å². The monoisotopic (exact) mass is 280 g/mol. The van der Waals surface area contributed by atoms with Crippen LogP contribution >= 0.6 is 0 Å². The molecule has 0 bridgehead atoms. The van der Waals surface area contributed by atoms with E-state index in [4.69, 9.17) is 0 Å². The molecule has 1 aromatic heterocycles. The molecule has 0 spiro atoms. The van der Waals surface area contributed by atoms with E-state index < -0.39 is 42.3 Å². The molecular weight excluding hydrogens is 269 g/mol. The van der Waals surface area contributed by atoms with Crippen molar-refractivity contribution in [1.29, 1.82) is 0 Å². The third-order valence-electron chi connectivity index (χ3n) is 2.12. The van der Waals surface area contributed by atoms with Crippen LogP contribution in [-0.2, 0) is 18.0 Å². The molecule has 7 nitrogen and oxygen atoms in total. The Morgan fingerprint density at radius 2 is 2.26 bits per heavy atom. The van der Waals surface area contributed by atoms with Gasteiger partial charge in [0.05, 0.1) is 6.54 Å². The Balaban J connectivity index is 2.78. The van der Waals surface area contributed by atoms with Crippen LogP contribution < -0.4 is 5.32 Å². The zero-order valence-electron chi connectivity index (χ0n) is 9.90. The molecule has 1 rings (SSSR count). The molecule has 1 heterocycles. The highest BCUT2D eigenvalue weighted by Gasteiger charge is 2.25. The molecule has 1 N–H and O–H groups in total. The summed E-state index contributed by atoms with van der Waals surface area (Å²) in [5, 5.41) is 12.5. The Labute approximate surface area is 105 Å². The number of nitrogens with one attached hydrogen (secondary N) is 1. The van der Waals surface area contributed by atoms with E-state index in [9.17, 15) is 28.1 Å². The fraction of sp³-hybridized carbons (Fsp3) is 0.556. The number of nitro groups is 1. The van der Waals surface area contributed by atoms with Gasteiger partial charge in [-0.05, 0) is 4.92 Å². The number of hydrogen-bond acceptors (Lipinski definition) is 4. The quantitative estimate of drug-likeness (QED) is 0.622.